The SMILES string of the molecule is CCCC(CCC)n1c(=N)c2cc(-c3ccc(C(C)C)cc3Br)c3nc(C)cc1n32.CCCC(CCC)n1c(=NC)c2cc(-c3ccc(C(C)C)cc3Br)c3nc(C)cc1n32.Cl. The van der Waals surface area contributed by atoms with Crippen molar-refractivity contribution in [2.24, 2.45) is 4.99 Å². The van der Waals surface area contributed by atoms with Crippen LogP contribution in [0.15, 0.2) is 74.6 Å². The number of hydrogen-bond acceptors (Lipinski definition) is 4. The summed E-state index contributed by atoms with van der Waals surface area (Å²) in [4.78, 5) is 14.7. The largest absolute Gasteiger partial charge is 0.308 e. The van der Waals surface area contributed by atoms with Gasteiger partial charge >= 0.3 is 0 Å². The van der Waals surface area contributed by atoms with Crippen LogP contribution >= 0.6 is 44.3 Å². The molecule has 2 aromatic carbocycles. The Morgan fingerprint density at radius 3 is 1.39 bits per heavy atom. The smallest absolute Gasteiger partial charge is 0.154 e. The molecule has 11 heteroatoms. The third-order valence-corrected chi connectivity index (χ3v) is 13.7. The molecule has 6 heterocycles. The predicted octanol–water partition coefficient (Wildman–Crippen LogP) is 14.9. The molecule has 1 N–H and O–H groups in total. The number of hydrogen-bond donors (Lipinski definition) is 1. The average Bonchev–Trinajstić information content (AvgIpc) is 3.94. The van der Waals surface area contributed by atoms with Gasteiger partial charge in [0.15, 0.2) is 11.0 Å². The zero-order chi connectivity index (χ0) is 43.9. The van der Waals surface area contributed by atoms with Gasteiger partial charge < -0.3 is 9.13 Å². The second kappa shape index (κ2) is 19.8. The minimum absolute atomic E-state index is 0. The maximum absolute atomic E-state index is 9.02. The van der Waals surface area contributed by atoms with Gasteiger partial charge in [-0.1, -0.05) is 137 Å². The third-order valence-electron chi connectivity index (χ3n) is 12.4. The van der Waals surface area contributed by atoms with Gasteiger partial charge in [0, 0.05) is 62.7 Å². The van der Waals surface area contributed by atoms with E-state index in [9.17, 15) is 0 Å². The molecule has 0 amide bonds. The van der Waals surface area contributed by atoms with E-state index in [1.807, 2.05) is 7.05 Å². The van der Waals surface area contributed by atoms with Gasteiger partial charge in [-0.05, 0) is 97.9 Å². The summed E-state index contributed by atoms with van der Waals surface area (Å²) in [5, 5.41) is 9.02. The van der Waals surface area contributed by atoms with Crippen molar-refractivity contribution < 1.29 is 0 Å². The topological polar surface area (TPSA) is 80.7 Å². The number of nitrogens with zero attached hydrogens (tertiary/aromatic N) is 7. The Labute approximate surface area is 390 Å². The second-order valence-electron chi connectivity index (χ2n) is 17.6. The first-order valence-electron chi connectivity index (χ1n) is 22.6. The van der Waals surface area contributed by atoms with Crippen molar-refractivity contribution in [3.05, 3.63) is 103 Å². The van der Waals surface area contributed by atoms with Crippen molar-refractivity contribution >= 4 is 77.9 Å². The van der Waals surface area contributed by atoms with Crippen molar-refractivity contribution in [3.63, 3.8) is 0 Å². The molecule has 0 aliphatic rings. The number of rotatable bonds is 14. The van der Waals surface area contributed by atoms with Crippen LogP contribution < -0.4 is 11.0 Å². The van der Waals surface area contributed by atoms with Crippen LogP contribution in [0.3, 0.4) is 0 Å². The van der Waals surface area contributed by atoms with Gasteiger partial charge in [-0.3, -0.25) is 19.2 Å². The Kier molecular flexibility index (Phi) is 15.2. The highest BCUT2D eigenvalue weighted by atomic mass is 79.9. The summed E-state index contributed by atoms with van der Waals surface area (Å²) in [6.07, 6.45) is 9.10. The van der Waals surface area contributed by atoms with Gasteiger partial charge in [0.2, 0.25) is 0 Å². The number of aryl methyl sites for hydroxylation is 2. The molecule has 0 aliphatic heterocycles. The minimum atomic E-state index is 0. The summed E-state index contributed by atoms with van der Waals surface area (Å²) in [6, 6.07) is 22.9. The highest BCUT2D eigenvalue weighted by Crippen LogP contribution is 2.39. The fourth-order valence-electron chi connectivity index (χ4n) is 9.45. The summed E-state index contributed by atoms with van der Waals surface area (Å²) >= 11 is 7.63. The molecule has 0 spiro atoms. The Bertz CT molecular complexity index is 2920. The van der Waals surface area contributed by atoms with E-state index in [1.165, 1.54) is 35.2 Å². The van der Waals surface area contributed by atoms with Crippen LogP contribution in [0.2, 0.25) is 0 Å². The van der Waals surface area contributed by atoms with Crippen molar-refractivity contribution in [2.45, 2.75) is 145 Å². The Balaban J connectivity index is 0.000000204. The van der Waals surface area contributed by atoms with Crippen LogP contribution in [-0.4, -0.2) is 35.0 Å². The molecule has 0 saturated carbocycles. The maximum Gasteiger partial charge on any atom is 0.154 e. The van der Waals surface area contributed by atoms with Crippen molar-refractivity contribution in [1.29, 1.82) is 5.41 Å². The quantitative estimate of drug-likeness (QED) is 0.118. The molecule has 62 heavy (non-hydrogen) atoms. The van der Waals surface area contributed by atoms with E-state index in [1.54, 1.807) is 0 Å². The van der Waals surface area contributed by atoms with Gasteiger partial charge in [0.1, 0.15) is 22.6 Å². The van der Waals surface area contributed by atoms with Crippen LogP contribution in [0.25, 0.3) is 55.9 Å². The number of halogens is 3. The first-order valence-corrected chi connectivity index (χ1v) is 24.2. The van der Waals surface area contributed by atoms with Crippen molar-refractivity contribution in [3.8, 4) is 22.3 Å². The first-order chi connectivity index (χ1) is 29.3. The predicted molar refractivity (Wildman–Crippen MR) is 270 cm³/mol. The monoisotopic (exact) mass is 982 g/mol. The lowest BCUT2D eigenvalue weighted by Crippen LogP contribution is -2.22. The molecule has 0 radical (unpaired) electrons. The molecule has 0 saturated heterocycles. The molecule has 0 bridgehead atoms. The summed E-state index contributed by atoms with van der Waals surface area (Å²) in [5.74, 6) is 0.984. The standard InChI is InChI=1S/C26H33BrN4.C25H31BrN4.ClH/c1-7-9-19(10-8-2)30-24-13-17(5)29-25-21(15-23(31(24)25)26(30)28-6)20-12-11-18(16(3)4)14-22(20)27;1-6-8-18(9-7-2)29-23-12-16(5)28-25-20(14-22(24(29)27)30(23)25)19-11-10-17(15(3)4)13-21(19)26;/h11-16,19H,7-10H2,1-6H3;10-15,18,27H,6-9H2,1-5H3;1H. The molecule has 0 fully saturated rings. The van der Waals surface area contributed by atoms with Crippen molar-refractivity contribution in [2.75, 3.05) is 7.05 Å². The molecule has 8 nitrogen and oxygen atoms in total. The summed E-state index contributed by atoms with van der Waals surface area (Å²) < 4.78 is 11.4. The highest BCUT2D eigenvalue weighted by molar-refractivity contribution is 9.11. The summed E-state index contributed by atoms with van der Waals surface area (Å²) in [5.41, 5.74) is 17.2. The van der Waals surface area contributed by atoms with E-state index in [4.69, 9.17) is 20.4 Å². The first kappa shape index (κ1) is 47.5. The molecule has 0 atom stereocenters. The van der Waals surface area contributed by atoms with Crippen LogP contribution in [0.1, 0.15) is 153 Å². The molecule has 0 aliphatic carbocycles. The van der Waals surface area contributed by atoms with Gasteiger partial charge in [-0.25, -0.2) is 9.97 Å². The summed E-state index contributed by atoms with van der Waals surface area (Å²) in [7, 11) is 1.91. The van der Waals surface area contributed by atoms with Crippen LogP contribution in [-0.2, 0) is 0 Å². The van der Waals surface area contributed by atoms with E-state index >= 15 is 0 Å². The Morgan fingerprint density at radius 1 is 0.581 bits per heavy atom. The fraction of sp³-hybridized carbons (Fsp3) is 0.451. The highest BCUT2D eigenvalue weighted by Gasteiger charge is 2.25. The van der Waals surface area contributed by atoms with Gasteiger partial charge in [-0.15, -0.1) is 12.4 Å². The fourth-order valence-corrected chi connectivity index (χ4v) is 10.7. The Hall–Kier alpha value is -3.99. The number of benzene rings is 2. The average molecular weight is 985 g/mol. The molecular formula is C51H65Br2ClN8. The van der Waals surface area contributed by atoms with E-state index < -0.39 is 0 Å². The van der Waals surface area contributed by atoms with Crippen molar-refractivity contribution in [1.82, 2.24) is 27.9 Å². The second-order valence-corrected chi connectivity index (χ2v) is 19.3. The molecule has 8 aromatic rings. The molecule has 6 aromatic heterocycles. The lowest BCUT2D eigenvalue weighted by atomic mass is 9.99. The van der Waals surface area contributed by atoms with E-state index in [-0.39, 0.29) is 12.4 Å². The van der Waals surface area contributed by atoms with Crippen LogP contribution in [0.5, 0.6) is 0 Å². The number of aromatic nitrogens is 6. The van der Waals surface area contributed by atoms with E-state index in [2.05, 4.69) is 180 Å². The molecule has 330 valence electrons. The lowest BCUT2D eigenvalue weighted by Gasteiger charge is -2.19. The molecule has 8 rings (SSSR count). The zero-order valence-electron chi connectivity index (χ0n) is 38.5. The molecular weight excluding hydrogens is 920 g/mol. The van der Waals surface area contributed by atoms with Gasteiger partial charge in [0.25, 0.3) is 0 Å². The van der Waals surface area contributed by atoms with Crippen LogP contribution in [0.4, 0.5) is 0 Å². The van der Waals surface area contributed by atoms with Gasteiger partial charge in [0.05, 0.1) is 11.0 Å². The lowest BCUT2D eigenvalue weighted by molar-refractivity contribution is 0.424. The Morgan fingerprint density at radius 2 is 0.984 bits per heavy atom. The number of imidazole rings is 2. The summed E-state index contributed by atoms with van der Waals surface area (Å²) in [6.45, 7) is 22.0. The molecule has 0 unspecified atom stereocenters. The van der Waals surface area contributed by atoms with Crippen LogP contribution in [0, 0.1) is 19.3 Å². The van der Waals surface area contributed by atoms with E-state index in [0.29, 0.717) is 29.4 Å². The minimum Gasteiger partial charge on any atom is -0.308 e. The van der Waals surface area contributed by atoms with Gasteiger partial charge in [-0.2, -0.15) is 0 Å². The van der Waals surface area contributed by atoms with E-state index in [0.717, 1.165) is 109 Å². The number of nitrogens with one attached hydrogen (secondary N) is 1. The normalized spacial score (nSPS) is 12.4. The third kappa shape index (κ3) is 8.65. The zero-order valence-corrected chi connectivity index (χ0v) is 42.5. The maximum atomic E-state index is 9.02.